The summed E-state index contributed by atoms with van der Waals surface area (Å²) in [5, 5.41) is 4.10. The Morgan fingerprint density at radius 1 is 1.26 bits per heavy atom. The number of nitrogens with one attached hydrogen (secondary N) is 1. The molecule has 2 aromatic heterocycles. The lowest BCUT2D eigenvalue weighted by molar-refractivity contribution is 0.567. The molecule has 0 aliphatic heterocycles. The van der Waals surface area contributed by atoms with Gasteiger partial charge in [-0.3, -0.25) is 9.20 Å². The molecule has 3 rings (SSSR count). The van der Waals surface area contributed by atoms with Crippen molar-refractivity contribution in [2.75, 3.05) is 0 Å². The van der Waals surface area contributed by atoms with Crippen LogP contribution in [0.5, 0.6) is 0 Å². The van der Waals surface area contributed by atoms with Crippen molar-refractivity contribution in [3.05, 3.63) is 80.9 Å². The predicted molar refractivity (Wildman–Crippen MR) is 92.9 cm³/mol. The maximum Gasteiger partial charge on any atom is 0.258 e. The predicted octanol–water partition coefficient (Wildman–Crippen LogP) is 3.51. The lowest BCUT2D eigenvalue weighted by atomic mass is 10.1. The van der Waals surface area contributed by atoms with Crippen LogP contribution in [0.15, 0.2) is 53.5 Å². The molecule has 0 saturated heterocycles. The van der Waals surface area contributed by atoms with Gasteiger partial charge in [-0.25, -0.2) is 4.98 Å². The molecule has 2 heterocycles. The second-order valence-corrected chi connectivity index (χ2v) is 6.00. The van der Waals surface area contributed by atoms with Gasteiger partial charge in [-0.15, -0.1) is 0 Å². The first-order valence-electron chi connectivity index (χ1n) is 7.52. The third-order valence-electron chi connectivity index (χ3n) is 3.90. The zero-order chi connectivity index (χ0) is 16.4. The molecule has 5 heteroatoms. The van der Waals surface area contributed by atoms with Gasteiger partial charge in [-0.2, -0.15) is 0 Å². The second-order valence-electron chi connectivity index (χ2n) is 5.59. The quantitative estimate of drug-likeness (QED) is 0.797. The van der Waals surface area contributed by atoms with Crippen molar-refractivity contribution in [3.8, 4) is 0 Å². The second kappa shape index (κ2) is 6.52. The van der Waals surface area contributed by atoms with Crippen LogP contribution in [0.25, 0.3) is 5.65 Å². The van der Waals surface area contributed by atoms with E-state index in [1.165, 1.54) is 0 Å². The number of fused-ring (bicyclic) bond motifs is 1. The molecular weight excluding hydrogens is 310 g/mol. The van der Waals surface area contributed by atoms with Crippen LogP contribution in [0.1, 0.15) is 29.8 Å². The molecule has 0 fully saturated rings. The van der Waals surface area contributed by atoms with Crippen LogP contribution in [-0.2, 0) is 6.54 Å². The summed E-state index contributed by atoms with van der Waals surface area (Å²) >= 11 is 6.22. The van der Waals surface area contributed by atoms with Gasteiger partial charge in [-0.05, 0) is 37.1 Å². The Morgan fingerprint density at radius 2 is 2.04 bits per heavy atom. The highest BCUT2D eigenvalue weighted by Crippen LogP contribution is 2.22. The molecule has 0 bridgehead atoms. The number of halogens is 1. The summed E-state index contributed by atoms with van der Waals surface area (Å²) in [6, 6.07) is 13.2. The molecule has 1 aromatic carbocycles. The number of benzene rings is 1. The third-order valence-corrected chi connectivity index (χ3v) is 4.24. The number of aromatic nitrogens is 2. The van der Waals surface area contributed by atoms with Gasteiger partial charge in [-0.1, -0.05) is 35.9 Å². The van der Waals surface area contributed by atoms with Crippen molar-refractivity contribution in [3.63, 3.8) is 0 Å². The van der Waals surface area contributed by atoms with Crippen LogP contribution in [0, 0.1) is 6.92 Å². The van der Waals surface area contributed by atoms with Gasteiger partial charge in [0.05, 0.1) is 5.69 Å². The molecule has 0 saturated carbocycles. The number of hydrogen-bond donors (Lipinski definition) is 1. The molecule has 4 nitrogen and oxygen atoms in total. The Morgan fingerprint density at radius 3 is 2.83 bits per heavy atom. The molecular formula is C18H18ClN3O. The Bertz CT molecular complexity index is 904. The Hall–Kier alpha value is -2.17. The van der Waals surface area contributed by atoms with E-state index in [0.29, 0.717) is 12.2 Å². The van der Waals surface area contributed by atoms with E-state index < -0.39 is 0 Å². The van der Waals surface area contributed by atoms with E-state index in [-0.39, 0.29) is 11.6 Å². The van der Waals surface area contributed by atoms with Crippen molar-refractivity contribution in [1.29, 1.82) is 0 Å². The first-order chi connectivity index (χ1) is 11.1. The summed E-state index contributed by atoms with van der Waals surface area (Å²) in [6.07, 6.45) is 1.74. The maximum atomic E-state index is 12.2. The van der Waals surface area contributed by atoms with Crippen LogP contribution < -0.4 is 10.9 Å². The van der Waals surface area contributed by atoms with E-state index in [2.05, 4.69) is 10.3 Å². The van der Waals surface area contributed by atoms with Crippen LogP contribution in [0.3, 0.4) is 0 Å². The zero-order valence-corrected chi connectivity index (χ0v) is 13.8. The highest BCUT2D eigenvalue weighted by molar-refractivity contribution is 6.31. The average Bonchev–Trinajstić information content (AvgIpc) is 2.54. The lowest BCUT2D eigenvalue weighted by Gasteiger charge is -2.15. The highest BCUT2D eigenvalue weighted by Gasteiger charge is 2.10. The monoisotopic (exact) mass is 327 g/mol. The summed E-state index contributed by atoms with van der Waals surface area (Å²) in [7, 11) is 0. The largest absolute Gasteiger partial charge is 0.305 e. The molecule has 1 unspecified atom stereocenters. The molecule has 23 heavy (non-hydrogen) atoms. The minimum atomic E-state index is -0.0686. The fraction of sp³-hybridized carbons (Fsp3) is 0.222. The van der Waals surface area contributed by atoms with Crippen molar-refractivity contribution in [2.24, 2.45) is 0 Å². The number of hydrogen-bond acceptors (Lipinski definition) is 3. The van der Waals surface area contributed by atoms with Gasteiger partial charge in [0.25, 0.3) is 5.56 Å². The number of nitrogens with zero attached hydrogens (tertiary/aromatic N) is 2. The summed E-state index contributed by atoms with van der Waals surface area (Å²) in [4.78, 5) is 16.8. The van der Waals surface area contributed by atoms with Gasteiger partial charge in [0.2, 0.25) is 0 Å². The van der Waals surface area contributed by atoms with Crippen molar-refractivity contribution in [1.82, 2.24) is 14.7 Å². The van der Waals surface area contributed by atoms with E-state index >= 15 is 0 Å². The lowest BCUT2D eigenvalue weighted by Crippen LogP contribution is -2.22. The third kappa shape index (κ3) is 3.28. The van der Waals surface area contributed by atoms with Crippen LogP contribution in [-0.4, -0.2) is 9.38 Å². The molecule has 1 atom stereocenters. The van der Waals surface area contributed by atoms with Gasteiger partial charge in [0.1, 0.15) is 5.65 Å². The Balaban J connectivity index is 1.84. The fourth-order valence-electron chi connectivity index (χ4n) is 2.59. The Kier molecular flexibility index (Phi) is 4.46. The highest BCUT2D eigenvalue weighted by atomic mass is 35.5. The van der Waals surface area contributed by atoms with Crippen molar-refractivity contribution < 1.29 is 0 Å². The maximum absolute atomic E-state index is 12.2. The zero-order valence-electron chi connectivity index (χ0n) is 13.1. The molecule has 1 N–H and O–H groups in total. The molecule has 3 aromatic rings. The molecule has 0 radical (unpaired) electrons. The SMILES string of the molecule is Cc1cccn2c(=O)cc(CNC(C)c3ccccc3Cl)nc12. The van der Waals surface area contributed by atoms with E-state index in [1.807, 2.05) is 50.2 Å². The minimum absolute atomic E-state index is 0.0686. The summed E-state index contributed by atoms with van der Waals surface area (Å²) in [5.74, 6) is 0. The van der Waals surface area contributed by atoms with Crippen LogP contribution in [0.4, 0.5) is 0 Å². The number of rotatable bonds is 4. The molecule has 0 spiro atoms. The smallest absolute Gasteiger partial charge is 0.258 e. The molecule has 0 aliphatic rings. The summed E-state index contributed by atoms with van der Waals surface area (Å²) < 4.78 is 1.57. The molecule has 0 amide bonds. The number of aryl methyl sites for hydroxylation is 1. The first kappa shape index (κ1) is 15.7. The standard InChI is InChI=1S/C18H18ClN3O/c1-12-6-5-9-22-17(23)10-14(21-18(12)22)11-20-13(2)15-7-3-4-8-16(15)19/h3-10,13,20H,11H2,1-2H3. The van der Waals surface area contributed by atoms with Gasteiger partial charge in [0.15, 0.2) is 0 Å². The van der Waals surface area contributed by atoms with Crippen molar-refractivity contribution >= 4 is 17.2 Å². The van der Waals surface area contributed by atoms with Crippen LogP contribution in [0.2, 0.25) is 5.02 Å². The van der Waals surface area contributed by atoms with E-state index in [9.17, 15) is 4.79 Å². The summed E-state index contributed by atoms with van der Waals surface area (Å²) in [5.41, 5.74) is 3.36. The number of pyridine rings is 1. The van der Waals surface area contributed by atoms with E-state index in [0.717, 1.165) is 21.8 Å². The van der Waals surface area contributed by atoms with E-state index in [4.69, 9.17) is 11.6 Å². The fourth-order valence-corrected chi connectivity index (χ4v) is 2.89. The van der Waals surface area contributed by atoms with Gasteiger partial charge in [0, 0.05) is 29.9 Å². The Labute approximate surface area is 139 Å². The summed E-state index contributed by atoms with van der Waals surface area (Å²) in [6.45, 7) is 4.50. The minimum Gasteiger partial charge on any atom is -0.305 e. The van der Waals surface area contributed by atoms with Crippen molar-refractivity contribution in [2.45, 2.75) is 26.4 Å². The first-order valence-corrected chi connectivity index (χ1v) is 7.90. The average molecular weight is 328 g/mol. The topological polar surface area (TPSA) is 46.4 Å². The van der Waals surface area contributed by atoms with Gasteiger partial charge >= 0.3 is 0 Å². The molecule has 118 valence electrons. The molecule has 0 aliphatic carbocycles. The van der Waals surface area contributed by atoms with E-state index in [1.54, 1.807) is 16.7 Å². The van der Waals surface area contributed by atoms with Crippen LogP contribution >= 0.6 is 11.6 Å². The normalized spacial score (nSPS) is 12.5. The van der Waals surface area contributed by atoms with Gasteiger partial charge < -0.3 is 5.32 Å².